The lowest BCUT2D eigenvalue weighted by Gasteiger charge is -1.90. The summed E-state index contributed by atoms with van der Waals surface area (Å²) in [6, 6.07) is 0. The first-order valence-corrected chi connectivity index (χ1v) is 3.80. The first kappa shape index (κ1) is 6.53. The molecule has 0 unspecified atom stereocenters. The summed E-state index contributed by atoms with van der Waals surface area (Å²) in [6.45, 7) is 0. The number of thioether (sulfide) groups is 1. The van der Waals surface area contributed by atoms with Gasteiger partial charge in [-0.1, -0.05) is 29.3 Å². The number of halogens is 2. The van der Waals surface area contributed by atoms with Crippen LogP contribution in [0.3, 0.4) is 0 Å². The lowest BCUT2D eigenvalue weighted by atomic mass is 10.4. The molecule has 0 saturated heterocycles. The van der Waals surface area contributed by atoms with Crippen LogP contribution in [0, 0.1) is 0 Å². The highest BCUT2D eigenvalue weighted by molar-refractivity contribution is 8.06. The van der Waals surface area contributed by atoms with Gasteiger partial charge in [0.05, 0.1) is 0 Å². The summed E-state index contributed by atoms with van der Waals surface area (Å²) in [6.07, 6.45) is 2.93. The van der Waals surface area contributed by atoms with E-state index in [0.29, 0.717) is 4.49 Å². The van der Waals surface area contributed by atoms with Gasteiger partial charge in [-0.3, -0.25) is 0 Å². The van der Waals surface area contributed by atoms with Crippen LogP contribution in [0.2, 0.25) is 0 Å². The van der Waals surface area contributed by atoms with Crippen molar-refractivity contribution in [1.82, 2.24) is 0 Å². The molecule has 0 bridgehead atoms. The maximum absolute atomic E-state index is 5.47. The third-order valence-corrected chi connectivity index (χ3v) is 2.48. The predicted octanol–water partition coefficient (Wildman–Crippen LogP) is 3.28. The van der Waals surface area contributed by atoms with Crippen LogP contribution in [-0.2, 0) is 0 Å². The molecule has 0 atom stereocenters. The van der Waals surface area contributed by atoms with Gasteiger partial charge in [0.2, 0.25) is 0 Å². The van der Waals surface area contributed by atoms with Gasteiger partial charge in [0.15, 0.2) is 0 Å². The fourth-order valence-electron chi connectivity index (χ4n) is 0.455. The van der Waals surface area contributed by atoms with Crippen molar-refractivity contribution in [2.75, 3.05) is 0 Å². The Balaban J connectivity index is 2.64. The molecule has 0 aromatic heterocycles. The van der Waals surface area contributed by atoms with E-state index >= 15 is 0 Å². The van der Waals surface area contributed by atoms with Crippen molar-refractivity contribution in [3.8, 4) is 0 Å². The van der Waals surface area contributed by atoms with Gasteiger partial charge in [0, 0.05) is 4.91 Å². The SMILES string of the molecule is ClC(Cl)=C1CC=CS1. The minimum absolute atomic E-state index is 0.403. The summed E-state index contributed by atoms with van der Waals surface area (Å²) in [7, 11) is 0. The Kier molecular flexibility index (Phi) is 2.29. The van der Waals surface area contributed by atoms with Gasteiger partial charge in [-0.05, 0) is 11.8 Å². The highest BCUT2D eigenvalue weighted by Gasteiger charge is 2.03. The predicted molar refractivity (Wildman–Crippen MR) is 40.1 cm³/mol. The van der Waals surface area contributed by atoms with Crippen LogP contribution in [0.15, 0.2) is 20.9 Å². The van der Waals surface area contributed by atoms with E-state index in [1.165, 1.54) is 0 Å². The Morgan fingerprint density at radius 3 is 2.62 bits per heavy atom. The van der Waals surface area contributed by atoms with E-state index in [9.17, 15) is 0 Å². The molecule has 0 aromatic carbocycles. The molecule has 0 nitrogen and oxygen atoms in total. The summed E-state index contributed by atoms with van der Waals surface area (Å²) in [5.41, 5.74) is 0. The molecule has 1 aliphatic rings. The van der Waals surface area contributed by atoms with Gasteiger partial charge in [0.1, 0.15) is 4.49 Å². The van der Waals surface area contributed by atoms with Crippen molar-refractivity contribution in [1.29, 1.82) is 0 Å². The van der Waals surface area contributed by atoms with Crippen LogP contribution in [-0.4, -0.2) is 0 Å². The highest BCUT2D eigenvalue weighted by Crippen LogP contribution is 2.33. The fourth-order valence-corrected chi connectivity index (χ4v) is 1.52. The molecule has 1 heterocycles. The average Bonchev–Trinajstić information content (AvgIpc) is 2.12. The first-order chi connectivity index (χ1) is 3.80. The average molecular weight is 167 g/mol. The Labute approximate surface area is 62.5 Å². The Hall–Kier alpha value is 0.410. The largest absolute Gasteiger partial charge is 0.116 e. The molecule has 8 heavy (non-hydrogen) atoms. The molecular weight excluding hydrogens is 163 g/mol. The molecule has 0 fully saturated rings. The maximum Gasteiger partial charge on any atom is 0.116 e. The second-order valence-electron chi connectivity index (χ2n) is 1.38. The highest BCUT2D eigenvalue weighted by atomic mass is 35.5. The maximum atomic E-state index is 5.47. The Bertz CT molecular complexity index is 135. The fraction of sp³-hybridized carbons (Fsp3) is 0.200. The van der Waals surface area contributed by atoms with Gasteiger partial charge in [0.25, 0.3) is 0 Å². The second kappa shape index (κ2) is 2.81. The molecule has 1 rings (SSSR count). The van der Waals surface area contributed by atoms with E-state index in [1.54, 1.807) is 11.8 Å². The van der Waals surface area contributed by atoms with Crippen molar-refractivity contribution in [2.24, 2.45) is 0 Å². The van der Waals surface area contributed by atoms with Crippen LogP contribution < -0.4 is 0 Å². The van der Waals surface area contributed by atoms with Crippen LogP contribution >= 0.6 is 35.0 Å². The van der Waals surface area contributed by atoms with Crippen LogP contribution in [0.5, 0.6) is 0 Å². The molecule has 0 N–H and O–H groups in total. The van der Waals surface area contributed by atoms with Gasteiger partial charge in [-0.15, -0.1) is 11.8 Å². The molecule has 0 amide bonds. The van der Waals surface area contributed by atoms with Crippen LogP contribution in [0.25, 0.3) is 0 Å². The van der Waals surface area contributed by atoms with Crippen molar-refractivity contribution >= 4 is 35.0 Å². The molecule has 0 aromatic rings. The quantitative estimate of drug-likeness (QED) is 0.533. The van der Waals surface area contributed by atoms with Crippen LogP contribution in [0.1, 0.15) is 6.42 Å². The summed E-state index contributed by atoms with van der Waals surface area (Å²) < 4.78 is 0.403. The molecule has 3 heteroatoms. The third kappa shape index (κ3) is 1.44. The topological polar surface area (TPSA) is 0 Å². The van der Waals surface area contributed by atoms with E-state index in [2.05, 4.69) is 0 Å². The van der Waals surface area contributed by atoms with Crippen molar-refractivity contribution in [3.63, 3.8) is 0 Å². The van der Waals surface area contributed by atoms with Crippen molar-refractivity contribution in [2.45, 2.75) is 6.42 Å². The molecule has 1 aliphatic heterocycles. The molecular formula is C5H4Cl2S. The van der Waals surface area contributed by atoms with Gasteiger partial charge in [-0.25, -0.2) is 0 Å². The van der Waals surface area contributed by atoms with E-state index in [4.69, 9.17) is 23.2 Å². The molecule has 0 aliphatic carbocycles. The zero-order chi connectivity index (χ0) is 5.98. The lowest BCUT2D eigenvalue weighted by Crippen LogP contribution is -1.64. The van der Waals surface area contributed by atoms with E-state index < -0.39 is 0 Å². The molecule has 0 radical (unpaired) electrons. The zero-order valence-corrected chi connectivity index (χ0v) is 6.35. The van der Waals surface area contributed by atoms with E-state index in [0.717, 1.165) is 11.3 Å². The zero-order valence-electron chi connectivity index (χ0n) is 4.03. The number of allylic oxidation sites excluding steroid dienone is 2. The minimum Gasteiger partial charge on any atom is -0.100 e. The third-order valence-electron chi connectivity index (χ3n) is 0.821. The molecule has 44 valence electrons. The summed E-state index contributed by atoms with van der Waals surface area (Å²) >= 11 is 12.5. The first-order valence-electron chi connectivity index (χ1n) is 2.16. The number of hydrogen-bond acceptors (Lipinski definition) is 1. The number of hydrogen-bond donors (Lipinski definition) is 0. The van der Waals surface area contributed by atoms with Gasteiger partial charge < -0.3 is 0 Å². The standard InChI is InChI=1S/C5H4Cl2S/c6-5(7)4-2-1-3-8-4/h1,3H,2H2. The Morgan fingerprint density at radius 1 is 1.62 bits per heavy atom. The van der Waals surface area contributed by atoms with Crippen molar-refractivity contribution < 1.29 is 0 Å². The summed E-state index contributed by atoms with van der Waals surface area (Å²) in [5, 5.41) is 1.99. The van der Waals surface area contributed by atoms with E-state index in [-0.39, 0.29) is 0 Å². The van der Waals surface area contributed by atoms with Gasteiger partial charge >= 0.3 is 0 Å². The summed E-state index contributed by atoms with van der Waals surface area (Å²) in [5.74, 6) is 0. The smallest absolute Gasteiger partial charge is 0.100 e. The second-order valence-corrected chi connectivity index (χ2v) is 3.33. The summed E-state index contributed by atoms with van der Waals surface area (Å²) in [4.78, 5) is 1.05. The molecule has 0 saturated carbocycles. The number of rotatable bonds is 0. The van der Waals surface area contributed by atoms with Crippen LogP contribution in [0.4, 0.5) is 0 Å². The normalized spacial score (nSPS) is 17.5. The monoisotopic (exact) mass is 166 g/mol. The Morgan fingerprint density at radius 2 is 2.38 bits per heavy atom. The van der Waals surface area contributed by atoms with Crippen molar-refractivity contribution in [3.05, 3.63) is 20.9 Å². The van der Waals surface area contributed by atoms with Gasteiger partial charge in [-0.2, -0.15) is 0 Å². The lowest BCUT2D eigenvalue weighted by molar-refractivity contribution is 1.40. The van der Waals surface area contributed by atoms with E-state index in [1.807, 2.05) is 11.5 Å². The molecule has 0 spiro atoms. The minimum atomic E-state index is 0.403.